The molecule has 1 atom stereocenters. The Morgan fingerprint density at radius 3 is 2.78 bits per heavy atom. The molecular weight excluding hydrogens is 368 g/mol. The van der Waals surface area contributed by atoms with Crippen LogP contribution in [0.2, 0.25) is 0 Å². The minimum atomic E-state index is -0.555. The highest BCUT2D eigenvalue weighted by molar-refractivity contribution is 7.80. The number of nitrogens with one attached hydrogen (secondary N) is 2. The minimum Gasteiger partial charge on any atom is -0.375 e. The van der Waals surface area contributed by atoms with E-state index in [1.807, 2.05) is 23.1 Å². The largest absolute Gasteiger partial charge is 0.375 e. The minimum absolute atomic E-state index is 0.0259. The van der Waals surface area contributed by atoms with Crippen LogP contribution in [0.3, 0.4) is 0 Å². The lowest BCUT2D eigenvalue weighted by Gasteiger charge is -2.20. The number of anilines is 1. The molecule has 0 radical (unpaired) electrons. The lowest BCUT2D eigenvalue weighted by molar-refractivity contribution is 0.550. The van der Waals surface area contributed by atoms with Gasteiger partial charge in [0.2, 0.25) is 0 Å². The molecule has 0 aromatic heterocycles. The Balaban J connectivity index is 1.62. The van der Waals surface area contributed by atoms with E-state index in [0.717, 1.165) is 25.2 Å². The van der Waals surface area contributed by atoms with E-state index in [4.69, 9.17) is 5.73 Å². The first kappa shape index (κ1) is 19.2. The number of hydrogen-bond acceptors (Lipinski definition) is 4. The molecule has 1 heterocycles. The van der Waals surface area contributed by atoms with Crippen molar-refractivity contribution in [2.75, 3.05) is 18.0 Å². The predicted octanol–water partition coefficient (Wildman–Crippen LogP) is 2.50. The van der Waals surface area contributed by atoms with Crippen molar-refractivity contribution >= 4 is 29.2 Å². The molecule has 1 aliphatic heterocycles. The number of rotatable bonds is 6. The molecule has 0 bridgehead atoms. The third-order valence-corrected chi connectivity index (χ3v) is 4.50. The molecule has 8 heteroatoms. The molecule has 142 valence electrons. The second-order valence-electron chi connectivity index (χ2n) is 6.36. The summed E-state index contributed by atoms with van der Waals surface area (Å²) in [5, 5.41) is 7.09. The maximum Gasteiger partial charge on any atom is 0.184 e. The van der Waals surface area contributed by atoms with Crippen molar-refractivity contribution < 1.29 is 8.78 Å². The number of nitrogens with two attached hydrogens (primary N) is 1. The van der Waals surface area contributed by atoms with E-state index < -0.39 is 11.6 Å². The van der Waals surface area contributed by atoms with Gasteiger partial charge in [-0.1, -0.05) is 30.3 Å². The van der Waals surface area contributed by atoms with Gasteiger partial charge >= 0.3 is 0 Å². The highest BCUT2D eigenvalue weighted by atomic mass is 32.1. The van der Waals surface area contributed by atoms with Crippen molar-refractivity contribution in [1.29, 1.82) is 0 Å². The van der Waals surface area contributed by atoms with Gasteiger partial charge in [0.15, 0.2) is 5.11 Å². The van der Waals surface area contributed by atoms with E-state index in [0.29, 0.717) is 13.1 Å². The van der Waals surface area contributed by atoms with E-state index in [1.165, 1.54) is 11.6 Å². The summed E-state index contributed by atoms with van der Waals surface area (Å²) >= 11 is 4.60. The second-order valence-corrected chi connectivity index (χ2v) is 6.80. The Morgan fingerprint density at radius 1 is 1.26 bits per heavy atom. The molecule has 2 aromatic rings. The van der Waals surface area contributed by atoms with Crippen LogP contribution in [-0.2, 0) is 6.54 Å². The average molecular weight is 389 g/mol. The zero-order valence-corrected chi connectivity index (χ0v) is 15.5. The Bertz CT molecular complexity index is 828. The zero-order chi connectivity index (χ0) is 19.2. The monoisotopic (exact) mass is 389 g/mol. The third kappa shape index (κ3) is 5.21. The first-order valence-corrected chi connectivity index (χ1v) is 9.03. The van der Waals surface area contributed by atoms with Gasteiger partial charge in [0.1, 0.15) is 11.6 Å². The number of hydrogen-bond donors (Lipinski definition) is 3. The van der Waals surface area contributed by atoms with Crippen molar-refractivity contribution in [2.24, 2.45) is 10.8 Å². The van der Waals surface area contributed by atoms with Gasteiger partial charge in [-0.25, -0.2) is 8.78 Å². The van der Waals surface area contributed by atoms with Crippen LogP contribution in [0.25, 0.3) is 0 Å². The van der Waals surface area contributed by atoms with Gasteiger partial charge in [0.05, 0.1) is 11.9 Å². The Labute approximate surface area is 162 Å². The standard InChI is InChI=1S/C19H21F2N5S/c20-16-9-18(17(21)8-14(16)11-24-25-19(22)27)26-7-6-15(12-26)23-10-13-4-2-1-3-5-13/h1-5,8-9,11,15,23H,6-7,10,12H2,(H3,22,25,27)/t15-/m1/s1. The number of nitrogens with zero attached hydrogens (tertiary/aromatic N) is 2. The lowest BCUT2D eigenvalue weighted by Crippen LogP contribution is -2.32. The first-order valence-electron chi connectivity index (χ1n) is 8.62. The topological polar surface area (TPSA) is 65.7 Å². The summed E-state index contributed by atoms with van der Waals surface area (Å²) in [6, 6.07) is 12.6. The van der Waals surface area contributed by atoms with Crippen LogP contribution < -0.4 is 21.4 Å². The molecule has 0 spiro atoms. The number of hydrazone groups is 1. The molecule has 1 aliphatic rings. The van der Waals surface area contributed by atoms with E-state index in [9.17, 15) is 8.78 Å². The summed E-state index contributed by atoms with van der Waals surface area (Å²) in [6.45, 7) is 2.04. The number of benzene rings is 2. The maximum absolute atomic E-state index is 14.5. The summed E-state index contributed by atoms with van der Waals surface area (Å²) in [5.41, 5.74) is 9.03. The fraction of sp³-hybridized carbons (Fsp3) is 0.263. The van der Waals surface area contributed by atoms with Crippen LogP contribution in [0.1, 0.15) is 17.5 Å². The number of thiocarbonyl (C=S) groups is 1. The highest BCUT2D eigenvalue weighted by Crippen LogP contribution is 2.26. The summed E-state index contributed by atoms with van der Waals surface area (Å²) in [6.07, 6.45) is 2.02. The average Bonchev–Trinajstić information content (AvgIpc) is 3.12. The second kappa shape index (κ2) is 8.88. The normalized spacial score (nSPS) is 16.8. The fourth-order valence-electron chi connectivity index (χ4n) is 3.06. The van der Waals surface area contributed by atoms with Crippen molar-refractivity contribution in [3.63, 3.8) is 0 Å². The van der Waals surface area contributed by atoms with Gasteiger partial charge in [0.25, 0.3) is 0 Å². The van der Waals surface area contributed by atoms with E-state index >= 15 is 0 Å². The van der Waals surface area contributed by atoms with Crippen molar-refractivity contribution in [3.8, 4) is 0 Å². The van der Waals surface area contributed by atoms with Crippen molar-refractivity contribution in [1.82, 2.24) is 10.7 Å². The van der Waals surface area contributed by atoms with Gasteiger partial charge in [-0.3, -0.25) is 5.43 Å². The first-order chi connectivity index (χ1) is 13.0. The van der Waals surface area contributed by atoms with Gasteiger partial charge in [-0.15, -0.1) is 0 Å². The molecule has 5 nitrogen and oxygen atoms in total. The lowest BCUT2D eigenvalue weighted by atomic mass is 10.2. The maximum atomic E-state index is 14.5. The summed E-state index contributed by atoms with van der Waals surface area (Å²) in [7, 11) is 0. The predicted molar refractivity (Wildman–Crippen MR) is 108 cm³/mol. The van der Waals surface area contributed by atoms with Gasteiger partial charge in [-0.2, -0.15) is 5.10 Å². The third-order valence-electron chi connectivity index (χ3n) is 4.41. The molecule has 0 aliphatic carbocycles. The molecule has 3 rings (SSSR count). The van der Waals surface area contributed by atoms with Crippen LogP contribution in [0.4, 0.5) is 14.5 Å². The van der Waals surface area contributed by atoms with E-state index in [1.54, 1.807) is 0 Å². The summed E-state index contributed by atoms with van der Waals surface area (Å²) in [5.74, 6) is -1.04. The zero-order valence-electron chi connectivity index (χ0n) is 14.7. The Morgan fingerprint density at radius 2 is 2.04 bits per heavy atom. The molecule has 1 fully saturated rings. The van der Waals surface area contributed by atoms with Crippen LogP contribution in [0, 0.1) is 11.6 Å². The van der Waals surface area contributed by atoms with Gasteiger partial charge in [0, 0.05) is 37.3 Å². The molecule has 27 heavy (non-hydrogen) atoms. The van der Waals surface area contributed by atoms with Crippen LogP contribution in [0.15, 0.2) is 47.6 Å². The quantitative estimate of drug-likeness (QED) is 0.403. The summed E-state index contributed by atoms with van der Waals surface area (Å²) < 4.78 is 28.8. The molecule has 0 unspecified atom stereocenters. The van der Waals surface area contributed by atoms with Gasteiger partial charge in [-0.05, 0) is 30.3 Å². The molecule has 0 amide bonds. The molecular formula is C19H21F2N5S. The van der Waals surface area contributed by atoms with Crippen molar-refractivity contribution in [3.05, 3.63) is 65.2 Å². The molecule has 1 saturated heterocycles. The van der Waals surface area contributed by atoms with Crippen LogP contribution >= 0.6 is 12.2 Å². The van der Waals surface area contributed by atoms with E-state index in [2.05, 4.69) is 40.2 Å². The SMILES string of the molecule is NC(=S)NN=Cc1cc(F)c(N2CC[C@@H](NCc3ccccc3)C2)cc1F. The molecule has 0 saturated carbocycles. The smallest absolute Gasteiger partial charge is 0.184 e. The number of halogens is 2. The molecule has 2 aromatic carbocycles. The van der Waals surface area contributed by atoms with Crippen LogP contribution in [0.5, 0.6) is 0 Å². The van der Waals surface area contributed by atoms with Crippen molar-refractivity contribution in [2.45, 2.75) is 19.0 Å². The van der Waals surface area contributed by atoms with Crippen LogP contribution in [-0.4, -0.2) is 30.5 Å². The van der Waals surface area contributed by atoms with E-state index in [-0.39, 0.29) is 22.4 Å². The molecule has 4 N–H and O–H groups in total. The Kier molecular flexibility index (Phi) is 6.31. The fourth-order valence-corrected chi connectivity index (χ4v) is 3.11. The highest BCUT2D eigenvalue weighted by Gasteiger charge is 2.25. The summed E-state index contributed by atoms with van der Waals surface area (Å²) in [4.78, 5) is 1.86. The van der Waals surface area contributed by atoms with Gasteiger partial charge < -0.3 is 16.0 Å². The Hall–Kier alpha value is -2.58.